The number of likely N-dealkylation sites (tertiary alicyclic amines) is 1. The molecule has 116 valence electrons. The predicted molar refractivity (Wildman–Crippen MR) is 78.4 cm³/mol. The summed E-state index contributed by atoms with van der Waals surface area (Å²) in [6.07, 6.45) is 3.67. The number of hydrogen-bond donors (Lipinski definition) is 1. The van der Waals surface area contributed by atoms with Crippen molar-refractivity contribution in [1.29, 1.82) is 0 Å². The normalized spacial score (nSPS) is 22.8. The van der Waals surface area contributed by atoms with E-state index in [9.17, 15) is 9.59 Å². The predicted octanol–water partition coefficient (Wildman–Crippen LogP) is 2.55. The third-order valence-corrected chi connectivity index (χ3v) is 3.53. The summed E-state index contributed by atoms with van der Waals surface area (Å²) in [5.74, 6) is 0.291. The van der Waals surface area contributed by atoms with Gasteiger partial charge in [-0.15, -0.1) is 0 Å². The van der Waals surface area contributed by atoms with Crippen LogP contribution in [0.25, 0.3) is 0 Å². The fourth-order valence-corrected chi connectivity index (χ4v) is 2.56. The van der Waals surface area contributed by atoms with Gasteiger partial charge in [-0.05, 0) is 39.5 Å². The Morgan fingerprint density at radius 3 is 2.50 bits per heavy atom. The number of carbonyl (C=O) groups excluding carboxylic acids is 2. The van der Waals surface area contributed by atoms with Gasteiger partial charge in [0.1, 0.15) is 11.6 Å². The summed E-state index contributed by atoms with van der Waals surface area (Å²) < 4.78 is 5.41. The molecule has 5 nitrogen and oxygen atoms in total. The van der Waals surface area contributed by atoms with Crippen LogP contribution in [0.2, 0.25) is 0 Å². The highest BCUT2D eigenvalue weighted by Gasteiger charge is 2.40. The van der Waals surface area contributed by atoms with Gasteiger partial charge in [-0.25, -0.2) is 4.79 Å². The van der Waals surface area contributed by atoms with Crippen molar-refractivity contribution in [3.05, 3.63) is 0 Å². The summed E-state index contributed by atoms with van der Waals surface area (Å²) in [7, 11) is 1.61. The lowest BCUT2D eigenvalue weighted by Gasteiger charge is -2.27. The molecule has 5 heteroatoms. The first kappa shape index (κ1) is 16.8. The van der Waals surface area contributed by atoms with Gasteiger partial charge in [0.25, 0.3) is 0 Å². The SMILES string of the molecule is CCCC[C@H]1C[C@@H](C(=O)NC)N(C(=O)OC(C)(C)C)C1. The number of hydrogen-bond acceptors (Lipinski definition) is 3. The Kier molecular flexibility index (Phi) is 5.84. The minimum Gasteiger partial charge on any atom is -0.444 e. The van der Waals surface area contributed by atoms with E-state index in [1.54, 1.807) is 11.9 Å². The molecule has 0 radical (unpaired) electrons. The van der Waals surface area contributed by atoms with Crippen LogP contribution in [0.15, 0.2) is 0 Å². The monoisotopic (exact) mass is 284 g/mol. The highest BCUT2D eigenvalue weighted by molar-refractivity contribution is 5.86. The molecule has 1 aliphatic rings. The first-order valence-corrected chi connectivity index (χ1v) is 7.49. The molecule has 1 aliphatic heterocycles. The van der Waals surface area contributed by atoms with Gasteiger partial charge in [-0.3, -0.25) is 9.69 Å². The van der Waals surface area contributed by atoms with Gasteiger partial charge >= 0.3 is 6.09 Å². The van der Waals surface area contributed by atoms with Gasteiger partial charge in [0.05, 0.1) is 0 Å². The van der Waals surface area contributed by atoms with Crippen LogP contribution in [0.1, 0.15) is 53.4 Å². The van der Waals surface area contributed by atoms with Gasteiger partial charge in [0, 0.05) is 13.6 Å². The Labute approximate surface area is 122 Å². The fraction of sp³-hybridized carbons (Fsp3) is 0.867. The molecule has 0 aromatic carbocycles. The van der Waals surface area contributed by atoms with E-state index >= 15 is 0 Å². The van der Waals surface area contributed by atoms with Crippen molar-refractivity contribution in [3.8, 4) is 0 Å². The first-order valence-electron chi connectivity index (χ1n) is 7.49. The highest BCUT2D eigenvalue weighted by Crippen LogP contribution is 2.29. The minimum absolute atomic E-state index is 0.102. The van der Waals surface area contributed by atoms with E-state index in [0.717, 1.165) is 25.7 Å². The van der Waals surface area contributed by atoms with Crippen molar-refractivity contribution in [2.24, 2.45) is 5.92 Å². The number of carbonyl (C=O) groups is 2. The van der Waals surface area contributed by atoms with E-state index < -0.39 is 11.6 Å². The van der Waals surface area contributed by atoms with Crippen LogP contribution in [0.5, 0.6) is 0 Å². The van der Waals surface area contributed by atoms with Crippen molar-refractivity contribution in [2.45, 2.75) is 65.0 Å². The number of rotatable bonds is 4. The number of likely N-dealkylation sites (N-methyl/N-ethyl adjacent to an activating group) is 1. The molecule has 2 atom stereocenters. The summed E-state index contributed by atoms with van der Waals surface area (Å²) in [5, 5.41) is 2.64. The van der Waals surface area contributed by atoms with E-state index in [0.29, 0.717) is 12.5 Å². The molecular weight excluding hydrogens is 256 g/mol. The number of nitrogens with zero attached hydrogens (tertiary/aromatic N) is 1. The van der Waals surface area contributed by atoms with E-state index in [-0.39, 0.29) is 12.0 Å². The second-order valence-electron chi connectivity index (χ2n) is 6.51. The summed E-state index contributed by atoms with van der Waals surface area (Å²) in [6, 6.07) is -0.392. The van der Waals surface area contributed by atoms with Crippen LogP contribution < -0.4 is 5.32 Å². The molecule has 1 N–H and O–H groups in total. The third kappa shape index (κ3) is 4.69. The molecule has 20 heavy (non-hydrogen) atoms. The highest BCUT2D eigenvalue weighted by atomic mass is 16.6. The van der Waals surface area contributed by atoms with Gasteiger partial charge in [-0.2, -0.15) is 0 Å². The van der Waals surface area contributed by atoms with Crippen molar-refractivity contribution < 1.29 is 14.3 Å². The molecule has 2 amide bonds. The molecule has 0 aliphatic carbocycles. The van der Waals surface area contributed by atoms with Gasteiger partial charge in [0.15, 0.2) is 0 Å². The summed E-state index contributed by atoms with van der Waals surface area (Å²) in [6.45, 7) is 8.28. The van der Waals surface area contributed by atoms with E-state index in [1.165, 1.54) is 0 Å². The molecule has 0 spiro atoms. The third-order valence-electron chi connectivity index (χ3n) is 3.53. The van der Waals surface area contributed by atoms with Crippen molar-refractivity contribution >= 4 is 12.0 Å². The molecule has 1 heterocycles. The molecular formula is C15H28N2O3. The molecule has 0 unspecified atom stereocenters. The second-order valence-corrected chi connectivity index (χ2v) is 6.51. The molecule has 1 saturated heterocycles. The summed E-state index contributed by atoms with van der Waals surface area (Å²) >= 11 is 0. The maximum absolute atomic E-state index is 12.2. The number of ether oxygens (including phenoxy) is 1. The maximum Gasteiger partial charge on any atom is 0.410 e. The number of amides is 2. The zero-order chi connectivity index (χ0) is 15.3. The Balaban J connectivity index is 2.73. The zero-order valence-electron chi connectivity index (χ0n) is 13.4. The van der Waals surface area contributed by atoms with Crippen LogP contribution >= 0.6 is 0 Å². The Morgan fingerprint density at radius 1 is 1.35 bits per heavy atom. The molecule has 1 fully saturated rings. The smallest absolute Gasteiger partial charge is 0.410 e. The maximum atomic E-state index is 12.2. The Bertz CT molecular complexity index is 350. The van der Waals surface area contributed by atoms with Gasteiger partial charge in [0.2, 0.25) is 5.91 Å². The van der Waals surface area contributed by atoms with Crippen molar-refractivity contribution in [2.75, 3.05) is 13.6 Å². The van der Waals surface area contributed by atoms with E-state index in [2.05, 4.69) is 12.2 Å². The van der Waals surface area contributed by atoms with E-state index in [4.69, 9.17) is 4.74 Å². The van der Waals surface area contributed by atoms with Crippen LogP contribution in [0, 0.1) is 5.92 Å². The summed E-state index contributed by atoms with van der Waals surface area (Å²) in [5.41, 5.74) is -0.536. The fourth-order valence-electron chi connectivity index (χ4n) is 2.56. The van der Waals surface area contributed by atoms with Gasteiger partial charge in [-0.1, -0.05) is 19.8 Å². The van der Waals surface area contributed by atoms with Crippen molar-refractivity contribution in [1.82, 2.24) is 10.2 Å². The standard InChI is InChI=1S/C15H28N2O3/c1-6-7-8-11-9-12(13(18)16-5)17(10-11)14(19)20-15(2,3)4/h11-12H,6-10H2,1-5H3,(H,16,18)/t11-,12-/m0/s1. The Hall–Kier alpha value is -1.26. The minimum atomic E-state index is -0.536. The van der Waals surface area contributed by atoms with Crippen LogP contribution in [0.4, 0.5) is 4.79 Å². The summed E-state index contributed by atoms with van der Waals surface area (Å²) in [4.78, 5) is 25.8. The molecule has 0 saturated carbocycles. The van der Waals surface area contributed by atoms with E-state index in [1.807, 2.05) is 20.8 Å². The largest absolute Gasteiger partial charge is 0.444 e. The van der Waals surface area contributed by atoms with Gasteiger partial charge < -0.3 is 10.1 Å². The number of unbranched alkanes of at least 4 members (excludes halogenated alkanes) is 1. The molecule has 0 aromatic heterocycles. The van der Waals surface area contributed by atoms with Crippen LogP contribution in [0.3, 0.4) is 0 Å². The molecule has 0 aromatic rings. The Morgan fingerprint density at radius 2 is 2.00 bits per heavy atom. The lowest BCUT2D eigenvalue weighted by molar-refractivity contribution is -0.125. The van der Waals surface area contributed by atoms with Crippen LogP contribution in [-0.4, -0.2) is 42.1 Å². The first-order chi connectivity index (χ1) is 9.28. The second kappa shape index (κ2) is 6.95. The van der Waals surface area contributed by atoms with Crippen LogP contribution in [-0.2, 0) is 9.53 Å². The quantitative estimate of drug-likeness (QED) is 0.863. The number of nitrogens with one attached hydrogen (secondary N) is 1. The lowest BCUT2D eigenvalue weighted by Crippen LogP contribution is -2.46. The average Bonchev–Trinajstić information content (AvgIpc) is 2.77. The topological polar surface area (TPSA) is 58.6 Å². The lowest BCUT2D eigenvalue weighted by atomic mass is 9.99. The molecule has 0 bridgehead atoms. The zero-order valence-corrected chi connectivity index (χ0v) is 13.4. The van der Waals surface area contributed by atoms with Crippen molar-refractivity contribution in [3.63, 3.8) is 0 Å². The molecule has 1 rings (SSSR count). The average molecular weight is 284 g/mol.